The zero-order chi connectivity index (χ0) is 6.57. The highest BCUT2D eigenvalue weighted by Gasteiger charge is 2.04. The van der Waals surface area contributed by atoms with Crippen LogP contribution in [-0.2, 0) is 4.74 Å². The van der Waals surface area contributed by atoms with Crippen LogP contribution in [0.25, 0.3) is 0 Å². The van der Waals surface area contributed by atoms with Gasteiger partial charge in [0.2, 0.25) is 0 Å². The standard InChI is InChI=1S/C4H7BrN2O/c1-8-4(7)3(5)2-6/h2-3,6-7H,1H3. The molecule has 0 aromatic carbocycles. The fraction of sp³-hybridized carbons (Fsp3) is 0.500. The summed E-state index contributed by atoms with van der Waals surface area (Å²) in [5.41, 5.74) is 0. The summed E-state index contributed by atoms with van der Waals surface area (Å²) in [6.45, 7) is 0. The second kappa shape index (κ2) is 3.60. The van der Waals surface area contributed by atoms with E-state index in [1.807, 2.05) is 0 Å². The van der Waals surface area contributed by atoms with Crippen LogP contribution in [-0.4, -0.2) is 24.0 Å². The number of rotatable bonds is 2. The summed E-state index contributed by atoms with van der Waals surface area (Å²) >= 11 is 3.01. The molecule has 0 aliphatic heterocycles. The fourth-order valence-corrected chi connectivity index (χ4v) is 0.375. The van der Waals surface area contributed by atoms with Gasteiger partial charge in [0.15, 0.2) is 5.90 Å². The first-order chi connectivity index (χ1) is 3.72. The molecule has 46 valence electrons. The maximum atomic E-state index is 6.92. The highest BCUT2D eigenvalue weighted by Crippen LogP contribution is 1.96. The van der Waals surface area contributed by atoms with Crippen molar-refractivity contribution in [3.8, 4) is 0 Å². The molecule has 4 heteroatoms. The highest BCUT2D eigenvalue weighted by molar-refractivity contribution is 9.10. The molecule has 1 unspecified atom stereocenters. The van der Waals surface area contributed by atoms with Crippen LogP contribution >= 0.6 is 15.9 Å². The van der Waals surface area contributed by atoms with Crippen LogP contribution in [0.1, 0.15) is 0 Å². The third kappa shape index (κ3) is 2.07. The van der Waals surface area contributed by atoms with Crippen LogP contribution in [0.4, 0.5) is 0 Å². The van der Waals surface area contributed by atoms with Crippen molar-refractivity contribution in [1.29, 1.82) is 10.8 Å². The van der Waals surface area contributed by atoms with Crippen molar-refractivity contribution in [2.45, 2.75) is 4.83 Å². The zero-order valence-electron chi connectivity index (χ0n) is 4.44. The van der Waals surface area contributed by atoms with E-state index in [9.17, 15) is 0 Å². The Bertz CT molecular complexity index is 104. The molecule has 0 aliphatic rings. The van der Waals surface area contributed by atoms with Gasteiger partial charge in [-0.15, -0.1) is 0 Å². The van der Waals surface area contributed by atoms with Crippen molar-refractivity contribution in [3.63, 3.8) is 0 Å². The fourth-order valence-electron chi connectivity index (χ4n) is 0.188. The Morgan fingerprint density at radius 3 is 2.50 bits per heavy atom. The number of nitrogens with one attached hydrogen (secondary N) is 2. The quantitative estimate of drug-likeness (QED) is 0.371. The first-order valence-electron chi connectivity index (χ1n) is 1.99. The lowest BCUT2D eigenvalue weighted by molar-refractivity contribution is 0.394. The predicted octanol–water partition coefficient (Wildman–Crippen LogP) is 1.02. The van der Waals surface area contributed by atoms with E-state index in [1.54, 1.807) is 0 Å². The minimum atomic E-state index is -0.368. The molecular weight excluding hydrogens is 172 g/mol. The van der Waals surface area contributed by atoms with Gasteiger partial charge in [0.25, 0.3) is 0 Å². The van der Waals surface area contributed by atoms with Crippen LogP contribution in [0.15, 0.2) is 0 Å². The van der Waals surface area contributed by atoms with E-state index in [0.717, 1.165) is 6.21 Å². The van der Waals surface area contributed by atoms with Crippen molar-refractivity contribution < 1.29 is 4.74 Å². The summed E-state index contributed by atoms with van der Waals surface area (Å²) in [7, 11) is 1.40. The average Bonchev–Trinajstić information content (AvgIpc) is 1.84. The van der Waals surface area contributed by atoms with Crippen LogP contribution in [0.3, 0.4) is 0 Å². The molecule has 0 aliphatic carbocycles. The summed E-state index contributed by atoms with van der Waals surface area (Å²) < 4.78 is 4.49. The van der Waals surface area contributed by atoms with E-state index in [1.165, 1.54) is 7.11 Å². The predicted molar refractivity (Wildman–Crippen MR) is 36.2 cm³/mol. The van der Waals surface area contributed by atoms with Crippen molar-refractivity contribution in [2.75, 3.05) is 7.11 Å². The van der Waals surface area contributed by atoms with Gasteiger partial charge in [0.05, 0.1) is 7.11 Å². The Hall–Kier alpha value is -0.380. The molecule has 0 aromatic rings. The number of alkyl halides is 1. The highest BCUT2D eigenvalue weighted by atomic mass is 79.9. The molecule has 0 amide bonds. The Morgan fingerprint density at radius 2 is 2.38 bits per heavy atom. The van der Waals surface area contributed by atoms with E-state index in [0.29, 0.717) is 0 Å². The van der Waals surface area contributed by atoms with Crippen LogP contribution < -0.4 is 0 Å². The van der Waals surface area contributed by atoms with E-state index >= 15 is 0 Å². The number of methoxy groups -OCH3 is 1. The molecule has 3 nitrogen and oxygen atoms in total. The number of halogens is 1. The summed E-state index contributed by atoms with van der Waals surface area (Å²) in [4.78, 5) is -0.368. The minimum Gasteiger partial charge on any atom is -0.483 e. The van der Waals surface area contributed by atoms with Gasteiger partial charge in [-0.1, -0.05) is 15.9 Å². The first kappa shape index (κ1) is 7.62. The molecule has 0 rings (SSSR count). The van der Waals surface area contributed by atoms with Crippen molar-refractivity contribution in [2.24, 2.45) is 0 Å². The molecule has 0 heterocycles. The van der Waals surface area contributed by atoms with Crippen LogP contribution in [0, 0.1) is 10.8 Å². The summed E-state index contributed by atoms with van der Waals surface area (Å²) in [6.07, 6.45) is 1.09. The minimum absolute atomic E-state index is 0.0556. The zero-order valence-corrected chi connectivity index (χ0v) is 6.03. The third-order valence-electron chi connectivity index (χ3n) is 0.617. The lowest BCUT2D eigenvalue weighted by Crippen LogP contribution is -2.14. The second-order valence-electron chi connectivity index (χ2n) is 1.14. The van der Waals surface area contributed by atoms with E-state index in [4.69, 9.17) is 10.8 Å². The molecule has 0 saturated carbocycles. The molecule has 0 saturated heterocycles. The summed E-state index contributed by atoms with van der Waals surface area (Å²) in [5.74, 6) is 0.0556. The SMILES string of the molecule is COC(=N)C(Br)C=N. The van der Waals surface area contributed by atoms with Gasteiger partial charge in [0, 0.05) is 6.21 Å². The van der Waals surface area contributed by atoms with Gasteiger partial charge >= 0.3 is 0 Å². The molecule has 1 atom stereocenters. The van der Waals surface area contributed by atoms with Crippen LogP contribution in [0.2, 0.25) is 0 Å². The average molecular weight is 179 g/mol. The topological polar surface area (TPSA) is 56.9 Å². The van der Waals surface area contributed by atoms with Crippen LogP contribution in [0.5, 0.6) is 0 Å². The first-order valence-corrected chi connectivity index (χ1v) is 2.91. The Balaban J connectivity index is 3.62. The van der Waals surface area contributed by atoms with Gasteiger partial charge in [-0.2, -0.15) is 0 Å². The molecule has 0 radical (unpaired) electrons. The Morgan fingerprint density at radius 1 is 1.88 bits per heavy atom. The van der Waals surface area contributed by atoms with Crippen molar-refractivity contribution in [3.05, 3.63) is 0 Å². The normalized spacial score (nSPS) is 12.2. The maximum absolute atomic E-state index is 6.92. The largest absolute Gasteiger partial charge is 0.483 e. The number of ether oxygens (including phenoxy) is 1. The molecule has 0 aromatic heterocycles. The van der Waals surface area contributed by atoms with Gasteiger partial charge in [-0.05, 0) is 0 Å². The second-order valence-corrected chi connectivity index (χ2v) is 2.12. The van der Waals surface area contributed by atoms with Gasteiger partial charge in [-0.25, -0.2) is 0 Å². The molecular formula is C4H7BrN2O. The molecule has 0 spiro atoms. The number of hydrogen-bond donors (Lipinski definition) is 2. The summed E-state index contributed by atoms with van der Waals surface area (Å²) in [6, 6.07) is 0. The van der Waals surface area contributed by atoms with Gasteiger partial charge < -0.3 is 10.1 Å². The van der Waals surface area contributed by atoms with Gasteiger partial charge in [0.1, 0.15) is 4.83 Å². The van der Waals surface area contributed by atoms with Gasteiger partial charge in [-0.3, -0.25) is 5.41 Å². The molecule has 0 fully saturated rings. The molecule has 8 heavy (non-hydrogen) atoms. The Kier molecular flexibility index (Phi) is 3.43. The number of hydrogen-bond acceptors (Lipinski definition) is 3. The maximum Gasteiger partial charge on any atom is 0.199 e. The monoisotopic (exact) mass is 178 g/mol. The summed E-state index contributed by atoms with van der Waals surface area (Å²) in [5, 5.41) is 13.6. The lowest BCUT2D eigenvalue weighted by Gasteiger charge is -2.01. The van der Waals surface area contributed by atoms with E-state index in [-0.39, 0.29) is 10.7 Å². The lowest BCUT2D eigenvalue weighted by atomic mass is 10.5. The Labute approximate surface area is 56.2 Å². The molecule has 0 bridgehead atoms. The third-order valence-corrected chi connectivity index (χ3v) is 1.30. The molecule has 2 N–H and O–H groups in total. The van der Waals surface area contributed by atoms with Crippen molar-refractivity contribution >= 4 is 28.0 Å². The van der Waals surface area contributed by atoms with E-state index in [2.05, 4.69) is 20.7 Å². The van der Waals surface area contributed by atoms with Crippen molar-refractivity contribution in [1.82, 2.24) is 0 Å². The van der Waals surface area contributed by atoms with E-state index < -0.39 is 0 Å². The smallest absolute Gasteiger partial charge is 0.199 e.